The average molecular weight is 566 g/mol. The van der Waals surface area contributed by atoms with Gasteiger partial charge >= 0.3 is 202 Å². The summed E-state index contributed by atoms with van der Waals surface area (Å²) in [5.74, 6) is 0.517. The Bertz CT molecular complexity index is 1240. The molecule has 0 saturated heterocycles. The molecule has 0 radical (unpaired) electrons. The fraction of sp³-hybridized carbons (Fsp3) is 0.500. The number of fused-ring (bicyclic) bond motifs is 3. The first-order valence-corrected chi connectivity index (χ1v) is 18.1. The molecule has 6 N–H and O–H groups in total. The van der Waals surface area contributed by atoms with Crippen molar-refractivity contribution < 1.29 is 34.8 Å². The van der Waals surface area contributed by atoms with Crippen molar-refractivity contribution in [3.05, 3.63) is 45.7 Å². The van der Waals surface area contributed by atoms with Gasteiger partial charge in [-0.1, -0.05) is 0 Å². The molecule has 0 heterocycles. The molecule has 0 spiro atoms. The van der Waals surface area contributed by atoms with E-state index in [-0.39, 0.29) is 23.3 Å². The molecule has 1 amide bonds. The molecule has 196 valence electrons. The van der Waals surface area contributed by atoms with Crippen LogP contribution in [0.5, 0.6) is 5.75 Å². The van der Waals surface area contributed by atoms with Gasteiger partial charge in [-0.2, -0.15) is 0 Å². The number of likely N-dealkylation sites (N-methyl/N-ethyl adjacent to an activating group) is 1. The van der Waals surface area contributed by atoms with E-state index in [1.807, 2.05) is 6.07 Å². The van der Waals surface area contributed by atoms with E-state index in [0.717, 1.165) is 22.9 Å². The zero-order valence-corrected chi connectivity index (χ0v) is 22.9. The van der Waals surface area contributed by atoms with Crippen LogP contribution in [0.3, 0.4) is 0 Å². The summed E-state index contributed by atoms with van der Waals surface area (Å²) in [5.41, 5.74) is 3.68. The van der Waals surface area contributed by atoms with Crippen LogP contribution in [-0.4, -0.2) is 81.4 Å². The fourth-order valence-electron chi connectivity index (χ4n) is 5.96. The van der Waals surface area contributed by atoms with Crippen molar-refractivity contribution in [2.24, 2.45) is 17.6 Å². The second-order valence-corrected chi connectivity index (χ2v) is 20.7. The first-order chi connectivity index (χ1) is 16.6. The van der Waals surface area contributed by atoms with Gasteiger partial charge in [0.25, 0.3) is 0 Å². The van der Waals surface area contributed by atoms with Gasteiger partial charge in [-0.25, -0.2) is 0 Å². The molecule has 4 atom stereocenters. The van der Waals surface area contributed by atoms with Crippen LogP contribution in [0.25, 0.3) is 5.76 Å². The number of primary amides is 1. The van der Waals surface area contributed by atoms with Gasteiger partial charge in [0, 0.05) is 0 Å². The predicted octanol–water partition coefficient (Wildman–Crippen LogP) is 1.84. The molecule has 1 saturated carbocycles. The number of amides is 1. The first kappa shape index (κ1) is 26.4. The van der Waals surface area contributed by atoms with Gasteiger partial charge in [-0.15, -0.1) is 0 Å². The van der Waals surface area contributed by atoms with Gasteiger partial charge in [0.05, 0.1) is 0 Å². The molecule has 9 nitrogen and oxygen atoms in total. The Kier molecular flexibility index (Phi) is 6.40. The van der Waals surface area contributed by atoms with E-state index in [1.54, 1.807) is 14.1 Å². The van der Waals surface area contributed by atoms with Crippen LogP contribution < -0.4 is 5.73 Å². The maximum atomic E-state index is 13.8. The number of aryl methyl sites for hydroxylation is 1. The average Bonchev–Trinajstić information content (AvgIpc) is 2.74. The molecular formula is C26H34N2O7Se. The summed E-state index contributed by atoms with van der Waals surface area (Å²) in [6.07, 6.45) is 1.19. The SMILES string of the molecule is CN(C)[C@@H]1C(=O)C(C(N)=O)=C(O)[C@@]2(O)C(=O)C3=C(O)c4c(O)ccc(CC[Se](C)(C)C)c4C[C@H]3C[C@@H]12. The second kappa shape index (κ2) is 8.73. The zero-order valence-electron chi connectivity index (χ0n) is 21.2. The molecule has 3 aliphatic rings. The molecular weight excluding hydrogens is 531 g/mol. The Morgan fingerprint density at radius 3 is 2.36 bits per heavy atom. The molecule has 4 rings (SSSR count). The van der Waals surface area contributed by atoms with Gasteiger partial charge in [-0.05, 0) is 0 Å². The van der Waals surface area contributed by atoms with Crippen molar-refractivity contribution in [2.45, 2.75) is 53.7 Å². The van der Waals surface area contributed by atoms with E-state index in [1.165, 1.54) is 11.0 Å². The van der Waals surface area contributed by atoms with E-state index >= 15 is 0 Å². The number of benzene rings is 1. The van der Waals surface area contributed by atoms with Crippen molar-refractivity contribution in [3.8, 4) is 5.75 Å². The van der Waals surface area contributed by atoms with Gasteiger partial charge in [0.15, 0.2) is 0 Å². The number of rotatable bonds is 5. The third-order valence-electron chi connectivity index (χ3n) is 7.68. The molecule has 0 aromatic heterocycles. The Morgan fingerprint density at radius 1 is 1.17 bits per heavy atom. The van der Waals surface area contributed by atoms with E-state index in [2.05, 4.69) is 17.5 Å². The fourth-order valence-corrected chi connectivity index (χ4v) is 7.70. The number of Topliss-reactive ketones (excluding diaryl/α,β-unsaturated/α-hetero) is 2. The number of aromatic hydroxyl groups is 1. The van der Waals surface area contributed by atoms with Gasteiger partial charge in [-0.3, -0.25) is 4.79 Å². The van der Waals surface area contributed by atoms with E-state index in [0.29, 0.717) is 6.42 Å². The third-order valence-corrected chi connectivity index (χ3v) is 10.7. The van der Waals surface area contributed by atoms with Crippen molar-refractivity contribution >= 4 is 36.1 Å². The van der Waals surface area contributed by atoms with Crippen LogP contribution in [0, 0.1) is 11.8 Å². The summed E-state index contributed by atoms with van der Waals surface area (Å²) in [6, 6.07) is 2.25. The van der Waals surface area contributed by atoms with Crippen molar-refractivity contribution in [3.63, 3.8) is 0 Å². The number of nitrogens with two attached hydrogens (primary N) is 1. The van der Waals surface area contributed by atoms with Gasteiger partial charge in [0.1, 0.15) is 0 Å². The standard InChI is InChI=1S/C26H34N2O7Se/c1-28(2)20-15-11-13-10-14-12(8-9-36(3,4)5)6-7-16(29)18(14)21(30)17(13)23(32)26(15,35)24(33)19(22(20)31)25(27)34/h6-7,13,15,20,29-30,33,35H,8-11H2,1-5H3,(H2,27,34)/t13-,15-,20-,26-/m0/s1. The number of aliphatic hydroxyl groups excluding tert-OH is 2. The number of phenols is 1. The van der Waals surface area contributed by atoms with E-state index < -0.39 is 70.9 Å². The summed E-state index contributed by atoms with van der Waals surface area (Å²) in [4.78, 5) is 40.5. The summed E-state index contributed by atoms with van der Waals surface area (Å²) in [7, 11) is 3.17. The summed E-state index contributed by atoms with van der Waals surface area (Å²) < 4.78 is 0. The molecule has 1 aromatic rings. The number of carbonyl (C=O) groups excluding carboxylic acids is 3. The minimum absolute atomic E-state index is 0.0932. The van der Waals surface area contributed by atoms with Crippen LogP contribution in [0.15, 0.2) is 29.0 Å². The topological polar surface area (TPSA) is 161 Å². The number of hydrogen-bond donors (Lipinski definition) is 5. The maximum absolute atomic E-state index is 13.8. The molecule has 0 bridgehead atoms. The van der Waals surface area contributed by atoms with Crippen molar-refractivity contribution in [1.82, 2.24) is 4.90 Å². The Morgan fingerprint density at radius 2 is 1.81 bits per heavy atom. The van der Waals surface area contributed by atoms with Crippen LogP contribution in [0.4, 0.5) is 0 Å². The number of nitrogens with zero attached hydrogens (tertiary/aromatic N) is 1. The zero-order chi connectivity index (χ0) is 26.9. The second-order valence-electron chi connectivity index (χ2n) is 11.1. The van der Waals surface area contributed by atoms with Crippen LogP contribution in [0.1, 0.15) is 23.1 Å². The normalized spacial score (nSPS) is 28.7. The number of ketones is 2. The molecule has 1 fully saturated rings. The molecule has 0 unspecified atom stereocenters. The predicted molar refractivity (Wildman–Crippen MR) is 136 cm³/mol. The van der Waals surface area contributed by atoms with Crippen molar-refractivity contribution in [1.29, 1.82) is 0 Å². The first-order valence-electron chi connectivity index (χ1n) is 11.8. The Balaban J connectivity index is 1.91. The van der Waals surface area contributed by atoms with E-state index in [9.17, 15) is 34.8 Å². The van der Waals surface area contributed by atoms with E-state index in [4.69, 9.17) is 5.73 Å². The molecule has 10 heteroatoms. The van der Waals surface area contributed by atoms with Crippen LogP contribution in [-0.2, 0) is 27.2 Å². The molecule has 0 aliphatic heterocycles. The quantitative estimate of drug-likeness (QED) is 0.267. The Labute approximate surface area is 212 Å². The number of phenolic OH excluding ortho intramolecular Hbond substituents is 1. The van der Waals surface area contributed by atoms with Crippen LogP contribution in [0.2, 0.25) is 22.8 Å². The monoisotopic (exact) mass is 566 g/mol. The third kappa shape index (κ3) is 3.87. The molecule has 3 aliphatic carbocycles. The number of carbonyl (C=O) groups is 3. The molecule has 36 heavy (non-hydrogen) atoms. The summed E-state index contributed by atoms with van der Waals surface area (Å²) >= 11 is -1.57. The summed E-state index contributed by atoms with van der Waals surface area (Å²) in [5, 5.41) is 45.5. The van der Waals surface area contributed by atoms with Crippen molar-refractivity contribution in [2.75, 3.05) is 14.1 Å². The van der Waals surface area contributed by atoms with Crippen LogP contribution >= 0.6 is 0 Å². The molecule has 1 aromatic carbocycles. The minimum atomic E-state index is -2.61. The number of hydrogen-bond acceptors (Lipinski definition) is 8. The van der Waals surface area contributed by atoms with Gasteiger partial charge < -0.3 is 5.73 Å². The number of aliphatic hydroxyl groups is 3. The Hall–Kier alpha value is -2.65. The van der Waals surface area contributed by atoms with Gasteiger partial charge in [0.2, 0.25) is 0 Å². The summed E-state index contributed by atoms with van der Waals surface area (Å²) in [6.45, 7) is 0.